The van der Waals surface area contributed by atoms with Crippen molar-refractivity contribution < 1.29 is 8.42 Å². The maximum atomic E-state index is 12.8. The van der Waals surface area contributed by atoms with Gasteiger partial charge in [-0.25, -0.2) is 8.42 Å². The highest BCUT2D eigenvalue weighted by atomic mass is 32.2. The summed E-state index contributed by atoms with van der Waals surface area (Å²) >= 11 is 0. The molecule has 0 unspecified atom stereocenters. The van der Waals surface area contributed by atoms with Crippen LogP contribution >= 0.6 is 0 Å². The van der Waals surface area contributed by atoms with Crippen LogP contribution < -0.4 is 10.0 Å². The minimum Gasteiger partial charge on any atom is -0.398 e. The largest absolute Gasteiger partial charge is 0.398 e. The Morgan fingerprint density at radius 1 is 1.20 bits per heavy atom. The Balaban J connectivity index is 2.59. The number of anilines is 2. The fraction of sp³-hybridized carbons (Fsp3) is 0.214. The normalized spacial score (nSPS) is 11.3. The molecule has 0 radical (unpaired) electrons. The van der Waals surface area contributed by atoms with Crippen LogP contribution in [0.15, 0.2) is 47.6 Å². The van der Waals surface area contributed by atoms with E-state index in [-0.39, 0.29) is 10.6 Å². The Morgan fingerprint density at radius 2 is 1.85 bits per heavy atom. The van der Waals surface area contributed by atoms with E-state index in [0.717, 1.165) is 0 Å². The van der Waals surface area contributed by atoms with E-state index >= 15 is 0 Å². The number of rotatable bonds is 4. The molecule has 1 heterocycles. The molecule has 2 N–H and O–H groups in total. The average Bonchev–Trinajstić information content (AvgIpc) is 2.40. The van der Waals surface area contributed by atoms with Gasteiger partial charge in [-0.05, 0) is 37.6 Å². The summed E-state index contributed by atoms with van der Waals surface area (Å²) in [6, 6.07) is 8.40. The number of nitrogens with two attached hydrogens (primary N) is 1. The van der Waals surface area contributed by atoms with Crippen LogP contribution in [-0.2, 0) is 10.0 Å². The Labute approximate surface area is 119 Å². The lowest BCUT2D eigenvalue weighted by atomic mass is 10.2. The lowest BCUT2D eigenvalue weighted by molar-refractivity contribution is 0.591. The highest BCUT2D eigenvalue weighted by molar-refractivity contribution is 7.93. The van der Waals surface area contributed by atoms with Gasteiger partial charge in [-0.2, -0.15) is 0 Å². The van der Waals surface area contributed by atoms with E-state index in [1.165, 1.54) is 4.31 Å². The summed E-state index contributed by atoms with van der Waals surface area (Å²) in [5.41, 5.74) is 7.33. The van der Waals surface area contributed by atoms with E-state index in [1.807, 2.05) is 0 Å². The SMILES string of the molecule is CCN(c1ccncc1)S(=O)(=O)c1c(C)cccc1N. The lowest BCUT2D eigenvalue weighted by Crippen LogP contribution is -2.31. The molecule has 2 aromatic rings. The number of nitrogen functional groups attached to an aromatic ring is 1. The van der Waals surface area contributed by atoms with Crippen LogP contribution in [0.4, 0.5) is 11.4 Å². The number of pyridine rings is 1. The zero-order valence-electron chi connectivity index (χ0n) is 11.4. The molecular formula is C14H17N3O2S. The lowest BCUT2D eigenvalue weighted by Gasteiger charge is -2.24. The second-order valence-electron chi connectivity index (χ2n) is 4.37. The molecule has 0 saturated heterocycles. The van der Waals surface area contributed by atoms with E-state index in [4.69, 9.17) is 5.73 Å². The smallest absolute Gasteiger partial charge is 0.266 e. The van der Waals surface area contributed by atoms with Gasteiger partial charge in [-0.15, -0.1) is 0 Å². The summed E-state index contributed by atoms with van der Waals surface area (Å²) in [6.45, 7) is 3.84. The zero-order valence-corrected chi connectivity index (χ0v) is 12.3. The molecule has 0 aliphatic carbocycles. The number of benzene rings is 1. The van der Waals surface area contributed by atoms with Gasteiger partial charge in [0.05, 0.1) is 11.4 Å². The third-order valence-electron chi connectivity index (χ3n) is 3.03. The molecule has 2 rings (SSSR count). The number of nitrogens with zero attached hydrogens (tertiary/aromatic N) is 2. The Hall–Kier alpha value is -2.08. The summed E-state index contributed by atoms with van der Waals surface area (Å²) in [7, 11) is -3.68. The average molecular weight is 291 g/mol. The highest BCUT2D eigenvalue weighted by Crippen LogP contribution is 2.29. The van der Waals surface area contributed by atoms with E-state index in [9.17, 15) is 8.42 Å². The van der Waals surface area contributed by atoms with Crippen molar-refractivity contribution in [2.45, 2.75) is 18.7 Å². The molecular weight excluding hydrogens is 274 g/mol. The van der Waals surface area contributed by atoms with Crippen LogP contribution in [0.2, 0.25) is 0 Å². The standard InChI is InChI=1S/C14H17N3O2S/c1-3-17(12-7-9-16-10-8-12)20(18,19)14-11(2)5-4-6-13(14)15/h4-10H,3,15H2,1-2H3. The van der Waals surface area contributed by atoms with Crippen LogP contribution in [0.5, 0.6) is 0 Å². The van der Waals surface area contributed by atoms with Crippen molar-refractivity contribution in [1.82, 2.24) is 4.98 Å². The van der Waals surface area contributed by atoms with Gasteiger partial charge in [0.2, 0.25) is 0 Å². The van der Waals surface area contributed by atoms with Crippen molar-refractivity contribution in [3.05, 3.63) is 48.3 Å². The summed E-state index contributed by atoms with van der Waals surface area (Å²) in [5, 5.41) is 0. The maximum Gasteiger partial charge on any atom is 0.266 e. The summed E-state index contributed by atoms with van der Waals surface area (Å²) in [5.74, 6) is 0. The summed E-state index contributed by atoms with van der Waals surface area (Å²) < 4.78 is 27.0. The first-order chi connectivity index (χ1) is 9.48. The molecule has 0 spiro atoms. The Morgan fingerprint density at radius 3 is 2.40 bits per heavy atom. The van der Waals surface area contributed by atoms with Crippen molar-refractivity contribution in [2.24, 2.45) is 0 Å². The third-order valence-corrected chi connectivity index (χ3v) is 5.15. The first kappa shape index (κ1) is 14.3. The monoisotopic (exact) mass is 291 g/mol. The molecule has 1 aromatic carbocycles. The molecule has 0 aliphatic rings. The minimum absolute atomic E-state index is 0.165. The quantitative estimate of drug-likeness (QED) is 0.876. The van der Waals surface area contributed by atoms with Gasteiger partial charge in [0.25, 0.3) is 10.0 Å². The molecule has 6 heteroatoms. The van der Waals surface area contributed by atoms with E-state index < -0.39 is 10.0 Å². The number of hydrogen-bond donors (Lipinski definition) is 1. The van der Waals surface area contributed by atoms with Crippen LogP contribution in [0.1, 0.15) is 12.5 Å². The molecule has 0 fully saturated rings. The predicted octanol–water partition coefficient (Wildman–Crippen LogP) is 2.19. The topological polar surface area (TPSA) is 76.3 Å². The van der Waals surface area contributed by atoms with E-state index in [1.54, 1.807) is 56.6 Å². The van der Waals surface area contributed by atoms with Crippen LogP contribution in [0, 0.1) is 6.92 Å². The van der Waals surface area contributed by atoms with Gasteiger partial charge < -0.3 is 5.73 Å². The van der Waals surface area contributed by atoms with Gasteiger partial charge in [-0.1, -0.05) is 12.1 Å². The Bertz CT molecular complexity index is 679. The summed E-state index contributed by atoms with van der Waals surface area (Å²) in [6.07, 6.45) is 3.13. The molecule has 106 valence electrons. The van der Waals surface area contributed by atoms with Gasteiger partial charge in [0.15, 0.2) is 0 Å². The van der Waals surface area contributed by atoms with Crippen molar-refractivity contribution in [3.63, 3.8) is 0 Å². The van der Waals surface area contributed by atoms with Gasteiger partial charge in [0, 0.05) is 18.9 Å². The highest BCUT2D eigenvalue weighted by Gasteiger charge is 2.27. The molecule has 1 aromatic heterocycles. The number of aryl methyl sites for hydroxylation is 1. The molecule has 0 aliphatic heterocycles. The minimum atomic E-state index is -3.68. The summed E-state index contributed by atoms with van der Waals surface area (Å²) in [4.78, 5) is 4.07. The third kappa shape index (κ3) is 2.46. The van der Waals surface area contributed by atoms with Crippen molar-refractivity contribution in [3.8, 4) is 0 Å². The first-order valence-electron chi connectivity index (χ1n) is 6.26. The maximum absolute atomic E-state index is 12.8. The Kier molecular flexibility index (Phi) is 3.94. The van der Waals surface area contributed by atoms with E-state index in [2.05, 4.69) is 4.98 Å². The van der Waals surface area contributed by atoms with Gasteiger partial charge in [-0.3, -0.25) is 9.29 Å². The van der Waals surface area contributed by atoms with Crippen molar-refractivity contribution in [1.29, 1.82) is 0 Å². The molecule has 0 saturated carbocycles. The second kappa shape index (κ2) is 5.50. The molecule has 5 nitrogen and oxygen atoms in total. The predicted molar refractivity (Wildman–Crippen MR) is 80.0 cm³/mol. The second-order valence-corrected chi connectivity index (χ2v) is 6.17. The van der Waals surface area contributed by atoms with Crippen LogP contribution in [0.3, 0.4) is 0 Å². The fourth-order valence-electron chi connectivity index (χ4n) is 2.14. The number of sulfonamides is 1. The van der Waals surface area contributed by atoms with Gasteiger partial charge in [0.1, 0.15) is 4.90 Å². The van der Waals surface area contributed by atoms with Gasteiger partial charge >= 0.3 is 0 Å². The first-order valence-corrected chi connectivity index (χ1v) is 7.70. The number of aromatic nitrogens is 1. The number of hydrogen-bond acceptors (Lipinski definition) is 4. The molecule has 0 atom stereocenters. The fourth-order valence-corrected chi connectivity index (χ4v) is 3.94. The van der Waals surface area contributed by atoms with Crippen LogP contribution in [0.25, 0.3) is 0 Å². The zero-order chi connectivity index (χ0) is 14.8. The van der Waals surface area contributed by atoms with Crippen molar-refractivity contribution >= 4 is 21.4 Å². The molecule has 0 bridgehead atoms. The molecule has 20 heavy (non-hydrogen) atoms. The molecule has 0 amide bonds. The van der Waals surface area contributed by atoms with Crippen molar-refractivity contribution in [2.75, 3.05) is 16.6 Å². The van der Waals surface area contributed by atoms with Crippen LogP contribution in [-0.4, -0.2) is 19.9 Å². The van der Waals surface area contributed by atoms with E-state index in [0.29, 0.717) is 17.8 Å².